The highest BCUT2D eigenvalue weighted by molar-refractivity contribution is 8.01. The van der Waals surface area contributed by atoms with Crippen molar-refractivity contribution in [2.75, 3.05) is 5.32 Å². The maximum Gasteiger partial charge on any atom is 0.0653 e. The van der Waals surface area contributed by atoms with Crippen molar-refractivity contribution in [1.82, 2.24) is 0 Å². The van der Waals surface area contributed by atoms with Crippen molar-refractivity contribution in [1.29, 1.82) is 0 Å². The van der Waals surface area contributed by atoms with Crippen molar-refractivity contribution >= 4 is 28.8 Å². The Kier molecular flexibility index (Phi) is 3.59. The molecule has 0 spiro atoms. The van der Waals surface area contributed by atoms with E-state index >= 15 is 0 Å². The van der Waals surface area contributed by atoms with Gasteiger partial charge in [0.2, 0.25) is 0 Å². The van der Waals surface area contributed by atoms with Gasteiger partial charge in [-0.2, -0.15) is 0 Å². The third-order valence-corrected chi connectivity index (χ3v) is 5.82. The van der Waals surface area contributed by atoms with Crippen LogP contribution in [-0.4, -0.2) is 5.25 Å². The Bertz CT molecular complexity index is 568. The molecule has 2 heterocycles. The van der Waals surface area contributed by atoms with Crippen molar-refractivity contribution in [3.05, 3.63) is 46.3 Å². The predicted molar refractivity (Wildman–Crippen MR) is 86.5 cm³/mol. The Morgan fingerprint density at radius 3 is 2.63 bits per heavy atom. The SMILES string of the molecule is Cc1cc(C)cc(NC2C[C@H](C)Sc3sccc32)c1. The third kappa shape index (κ3) is 2.82. The van der Waals surface area contributed by atoms with Crippen LogP contribution in [0.3, 0.4) is 0 Å². The first-order chi connectivity index (χ1) is 9.11. The summed E-state index contributed by atoms with van der Waals surface area (Å²) in [5.41, 5.74) is 5.38. The lowest BCUT2D eigenvalue weighted by Crippen LogP contribution is -2.19. The maximum absolute atomic E-state index is 3.73. The van der Waals surface area contributed by atoms with E-state index in [1.54, 1.807) is 0 Å². The number of thiophene rings is 1. The van der Waals surface area contributed by atoms with E-state index in [9.17, 15) is 0 Å². The van der Waals surface area contributed by atoms with Gasteiger partial charge in [0.05, 0.1) is 10.3 Å². The molecule has 3 heteroatoms. The standard InChI is InChI=1S/C16H19NS2/c1-10-6-11(2)8-13(7-10)17-15-9-12(3)19-16-14(15)4-5-18-16/h4-8,12,15,17H,9H2,1-3H3/t12-,15?/m0/s1. The lowest BCUT2D eigenvalue weighted by Gasteiger charge is -2.28. The Morgan fingerprint density at radius 1 is 1.16 bits per heavy atom. The molecule has 2 aromatic rings. The number of nitrogens with one attached hydrogen (secondary N) is 1. The summed E-state index contributed by atoms with van der Waals surface area (Å²) in [5.74, 6) is 0. The van der Waals surface area contributed by atoms with Crippen LogP contribution in [0.25, 0.3) is 0 Å². The van der Waals surface area contributed by atoms with Gasteiger partial charge in [-0.05, 0) is 60.5 Å². The van der Waals surface area contributed by atoms with Gasteiger partial charge in [-0.3, -0.25) is 0 Å². The quantitative estimate of drug-likeness (QED) is 0.794. The van der Waals surface area contributed by atoms with Crippen LogP contribution in [-0.2, 0) is 0 Å². The van der Waals surface area contributed by atoms with Crippen molar-refractivity contribution in [3.8, 4) is 0 Å². The molecule has 1 nitrogen and oxygen atoms in total. The van der Waals surface area contributed by atoms with Crippen molar-refractivity contribution < 1.29 is 0 Å². The molecule has 1 aliphatic heterocycles. The molecule has 0 fully saturated rings. The van der Waals surface area contributed by atoms with Gasteiger partial charge in [-0.1, -0.05) is 13.0 Å². The van der Waals surface area contributed by atoms with E-state index in [-0.39, 0.29) is 0 Å². The number of aryl methyl sites for hydroxylation is 2. The molecule has 1 aromatic carbocycles. The Morgan fingerprint density at radius 2 is 1.89 bits per heavy atom. The molecule has 1 unspecified atom stereocenters. The number of hydrogen-bond acceptors (Lipinski definition) is 3. The van der Waals surface area contributed by atoms with Crippen LogP contribution < -0.4 is 5.32 Å². The minimum atomic E-state index is 0.457. The van der Waals surface area contributed by atoms with Crippen LogP contribution in [0, 0.1) is 13.8 Å². The predicted octanol–water partition coefficient (Wildman–Crippen LogP) is 5.40. The summed E-state index contributed by atoms with van der Waals surface area (Å²) in [6.45, 7) is 6.64. The van der Waals surface area contributed by atoms with Gasteiger partial charge in [-0.15, -0.1) is 23.1 Å². The zero-order valence-corrected chi connectivity index (χ0v) is 13.2. The Hall–Kier alpha value is -0.930. The van der Waals surface area contributed by atoms with Crippen molar-refractivity contribution in [3.63, 3.8) is 0 Å². The molecule has 0 saturated carbocycles. The Balaban J connectivity index is 1.88. The first-order valence-corrected chi connectivity index (χ1v) is 8.46. The van der Waals surface area contributed by atoms with Gasteiger partial charge in [0.25, 0.3) is 0 Å². The van der Waals surface area contributed by atoms with Crippen LogP contribution >= 0.6 is 23.1 Å². The molecule has 0 amide bonds. The molecule has 0 bridgehead atoms. The third-order valence-electron chi connectivity index (χ3n) is 3.47. The summed E-state index contributed by atoms with van der Waals surface area (Å²) in [6.07, 6.45) is 1.20. The van der Waals surface area contributed by atoms with Crippen LogP contribution in [0.4, 0.5) is 5.69 Å². The number of benzene rings is 1. The van der Waals surface area contributed by atoms with Gasteiger partial charge in [0, 0.05) is 10.9 Å². The van der Waals surface area contributed by atoms with E-state index in [1.165, 1.54) is 33.0 Å². The molecular weight excluding hydrogens is 270 g/mol. The molecule has 1 N–H and O–H groups in total. The molecule has 0 radical (unpaired) electrons. The molecule has 0 aliphatic carbocycles. The molecule has 1 aromatic heterocycles. The van der Waals surface area contributed by atoms with Crippen LogP contribution in [0.2, 0.25) is 0 Å². The van der Waals surface area contributed by atoms with E-state index in [4.69, 9.17) is 0 Å². The molecule has 0 saturated heterocycles. The molecule has 19 heavy (non-hydrogen) atoms. The molecule has 100 valence electrons. The highest BCUT2D eigenvalue weighted by Crippen LogP contribution is 2.44. The fourth-order valence-electron chi connectivity index (χ4n) is 2.75. The second-order valence-corrected chi connectivity index (χ2v) is 8.02. The number of fused-ring (bicyclic) bond motifs is 1. The molecular formula is C16H19NS2. The van der Waals surface area contributed by atoms with Crippen molar-refractivity contribution in [2.45, 2.75) is 42.7 Å². The number of rotatable bonds is 2. The fourth-order valence-corrected chi connectivity index (χ4v) is 5.31. The molecule has 2 atom stereocenters. The summed E-state index contributed by atoms with van der Waals surface area (Å²) >= 11 is 3.89. The summed E-state index contributed by atoms with van der Waals surface area (Å²) < 4.78 is 1.49. The highest BCUT2D eigenvalue weighted by Gasteiger charge is 2.26. The molecule has 1 aliphatic rings. The Labute approximate surface area is 123 Å². The summed E-state index contributed by atoms with van der Waals surface area (Å²) in [5, 5.41) is 6.63. The van der Waals surface area contributed by atoms with Crippen LogP contribution in [0.1, 0.15) is 36.1 Å². The van der Waals surface area contributed by atoms with Crippen molar-refractivity contribution in [2.24, 2.45) is 0 Å². The monoisotopic (exact) mass is 289 g/mol. The lowest BCUT2D eigenvalue weighted by molar-refractivity contribution is 0.670. The normalized spacial score (nSPS) is 22.1. The topological polar surface area (TPSA) is 12.0 Å². The van der Waals surface area contributed by atoms with E-state index in [1.807, 2.05) is 23.1 Å². The van der Waals surface area contributed by atoms with Gasteiger partial charge in [0.15, 0.2) is 0 Å². The lowest BCUT2D eigenvalue weighted by atomic mass is 10.0. The minimum Gasteiger partial charge on any atom is -0.378 e. The van der Waals surface area contributed by atoms with Gasteiger partial charge < -0.3 is 5.32 Å². The average molecular weight is 289 g/mol. The number of hydrogen-bond donors (Lipinski definition) is 1. The maximum atomic E-state index is 3.73. The second kappa shape index (κ2) is 5.22. The smallest absolute Gasteiger partial charge is 0.0653 e. The number of thioether (sulfide) groups is 1. The summed E-state index contributed by atoms with van der Waals surface area (Å²) in [7, 11) is 0. The summed E-state index contributed by atoms with van der Waals surface area (Å²) in [4.78, 5) is 0. The first-order valence-electron chi connectivity index (χ1n) is 6.70. The van der Waals surface area contributed by atoms with E-state index in [0.29, 0.717) is 11.3 Å². The van der Waals surface area contributed by atoms with Gasteiger partial charge >= 0.3 is 0 Å². The first kappa shape index (κ1) is 13.1. The van der Waals surface area contributed by atoms with E-state index in [2.05, 4.69) is 55.7 Å². The van der Waals surface area contributed by atoms with Gasteiger partial charge in [0.1, 0.15) is 0 Å². The van der Waals surface area contributed by atoms with Crippen LogP contribution in [0.5, 0.6) is 0 Å². The summed E-state index contributed by atoms with van der Waals surface area (Å²) in [6, 6.07) is 9.44. The van der Waals surface area contributed by atoms with Crippen LogP contribution in [0.15, 0.2) is 33.9 Å². The zero-order valence-electron chi connectivity index (χ0n) is 11.6. The fraction of sp³-hybridized carbons (Fsp3) is 0.375. The highest BCUT2D eigenvalue weighted by atomic mass is 32.2. The largest absolute Gasteiger partial charge is 0.378 e. The minimum absolute atomic E-state index is 0.457. The van der Waals surface area contributed by atoms with Gasteiger partial charge in [-0.25, -0.2) is 0 Å². The van der Waals surface area contributed by atoms with E-state index in [0.717, 1.165) is 0 Å². The molecule has 3 rings (SSSR count). The second-order valence-electron chi connectivity index (χ2n) is 5.40. The number of anilines is 1. The zero-order chi connectivity index (χ0) is 13.4. The van der Waals surface area contributed by atoms with E-state index < -0.39 is 0 Å². The average Bonchev–Trinajstić information content (AvgIpc) is 2.75.